The van der Waals surface area contributed by atoms with Crippen molar-refractivity contribution >= 4 is 0 Å². The summed E-state index contributed by atoms with van der Waals surface area (Å²) in [4.78, 5) is 0. The number of unbranched alkanes of at least 4 members (excludes halogenated alkanes) is 1. The smallest absolute Gasteiger partial charge is 0.115 e. The minimum Gasteiger partial charge on any atom is -0.508 e. The fraction of sp³-hybridized carbons (Fsp3) is 0.455. The van der Waals surface area contributed by atoms with Crippen molar-refractivity contribution < 1.29 is 10.2 Å². The molecule has 0 aliphatic rings. The van der Waals surface area contributed by atoms with E-state index in [1.807, 2.05) is 6.07 Å². The number of phenolic OH excluding ortho intramolecular Hbond substituents is 1. The molecule has 3 nitrogen and oxygen atoms in total. The molecule has 4 N–H and O–H groups in total. The molecule has 14 heavy (non-hydrogen) atoms. The van der Waals surface area contributed by atoms with Gasteiger partial charge in [-0.05, 0) is 37.0 Å². The summed E-state index contributed by atoms with van der Waals surface area (Å²) in [6.45, 7) is 0.215. The molecule has 0 radical (unpaired) electrons. The van der Waals surface area contributed by atoms with Crippen LogP contribution in [0.1, 0.15) is 30.9 Å². The minimum absolute atomic E-state index is 0.0475. The second-order valence-electron chi connectivity index (χ2n) is 3.42. The number of aliphatic hydroxyl groups is 1. The standard InChI is InChI=1S/C11H17NO2/c12-11(6-1-2-7-13)9-4-3-5-10(14)8-9/h3-5,8,11,13-14H,1-2,6-7,12H2/t11-/m1/s1. The van der Waals surface area contributed by atoms with Crippen LogP contribution < -0.4 is 5.73 Å². The Hall–Kier alpha value is -1.06. The Labute approximate surface area is 84.2 Å². The van der Waals surface area contributed by atoms with E-state index < -0.39 is 0 Å². The van der Waals surface area contributed by atoms with Crippen LogP contribution in [0.25, 0.3) is 0 Å². The largest absolute Gasteiger partial charge is 0.508 e. The molecule has 0 aliphatic carbocycles. The number of hydrogen-bond acceptors (Lipinski definition) is 3. The van der Waals surface area contributed by atoms with Crippen LogP contribution in [0.5, 0.6) is 5.75 Å². The molecule has 1 rings (SSSR count). The molecule has 1 aromatic carbocycles. The molecule has 0 fully saturated rings. The zero-order valence-electron chi connectivity index (χ0n) is 8.19. The molecule has 1 atom stereocenters. The lowest BCUT2D eigenvalue weighted by Crippen LogP contribution is -2.10. The third-order valence-corrected chi connectivity index (χ3v) is 2.22. The highest BCUT2D eigenvalue weighted by atomic mass is 16.3. The van der Waals surface area contributed by atoms with Crippen molar-refractivity contribution in [1.29, 1.82) is 0 Å². The Morgan fingerprint density at radius 2 is 2.07 bits per heavy atom. The summed E-state index contributed by atoms with van der Waals surface area (Å²) < 4.78 is 0. The zero-order chi connectivity index (χ0) is 10.4. The third kappa shape index (κ3) is 3.36. The highest BCUT2D eigenvalue weighted by Gasteiger charge is 2.05. The highest BCUT2D eigenvalue weighted by Crippen LogP contribution is 2.20. The highest BCUT2D eigenvalue weighted by molar-refractivity contribution is 5.29. The Kier molecular flexibility index (Phi) is 4.43. The fourth-order valence-electron chi connectivity index (χ4n) is 1.40. The first kappa shape index (κ1) is 11.0. The van der Waals surface area contributed by atoms with Gasteiger partial charge >= 0.3 is 0 Å². The Bertz CT molecular complexity index is 276. The van der Waals surface area contributed by atoms with Gasteiger partial charge in [0, 0.05) is 12.6 Å². The van der Waals surface area contributed by atoms with Crippen LogP contribution >= 0.6 is 0 Å². The van der Waals surface area contributed by atoms with Gasteiger partial charge in [-0.25, -0.2) is 0 Å². The molecule has 0 aliphatic heterocycles. The number of nitrogens with two attached hydrogens (primary N) is 1. The zero-order valence-corrected chi connectivity index (χ0v) is 8.19. The van der Waals surface area contributed by atoms with Gasteiger partial charge in [-0.1, -0.05) is 12.1 Å². The van der Waals surface area contributed by atoms with Crippen molar-refractivity contribution in [3.05, 3.63) is 29.8 Å². The monoisotopic (exact) mass is 195 g/mol. The van der Waals surface area contributed by atoms with E-state index in [1.54, 1.807) is 18.2 Å². The molecule has 0 bridgehead atoms. The summed E-state index contributed by atoms with van der Waals surface area (Å²) in [5.41, 5.74) is 6.86. The normalized spacial score (nSPS) is 12.7. The van der Waals surface area contributed by atoms with E-state index in [0.717, 1.165) is 24.8 Å². The van der Waals surface area contributed by atoms with E-state index in [-0.39, 0.29) is 18.4 Å². The number of aliphatic hydroxyl groups excluding tert-OH is 1. The topological polar surface area (TPSA) is 66.5 Å². The van der Waals surface area contributed by atoms with Gasteiger partial charge in [-0.15, -0.1) is 0 Å². The van der Waals surface area contributed by atoms with Gasteiger partial charge in [0.25, 0.3) is 0 Å². The van der Waals surface area contributed by atoms with E-state index in [4.69, 9.17) is 10.8 Å². The molecule has 0 heterocycles. The first-order valence-electron chi connectivity index (χ1n) is 4.89. The first-order chi connectivity index (χ1) is 6.74. The Morgan fingerprint density at radius 3 is 2.71 bits per heavy atom. The van der Waals surface area contributed by atoms with Gasteiger partial charge in [-0.3, -0.25) is 0 Å². The van der Waals surface area contributed by atoms with Gasteiger partial charge in [0.1, 0.15) is 5.75 Å². The van der Waals surface area contributed by atoms with Crippen molar-refractivity contribution in [2.45, 2.75) is 25.3 Å². The lowest BCUT2D eigenvalue weighted by atomic mass is 10.0. The van der Waals surface area contributed by atoms with Crippen LogP contribution in [0.15, 0.2) is 24.3 Å². The van der Waals surface area contributed by atoms with E-state index in [0.29, 0.717) is 0 Å². The summed E-state index contributed by atoms with van der Waals surface area (Å²) in [5.74, 6) is 0.250. The molecular weight excluding hydrogens is 178 g/mol. The molecule has 78 valence electrons. The molecule has 1 aromatic rings. The summed E-state index contributed by atoms with van der Waals surface area (Å²) in [5, 5.41) is 17.9. The maximum absolute atomic E-state index is 9.24. The molecule has 3 heteroatoms. The number of aromatic hydroxyl groups is 1. The maximum atomic E-state index is 9.24. The molecule has 0 saturated carbocycles. The molecule has 0 saturated heterocycles. The van der Waals surface area contributed by atoms with Crippen LogP contribution in [0.4, 0.5) is 0 Å². The molecule has 0 unspecified atom stereocenters. The van der Waals surface area contributed by atoms with Crippen molar-refractivity contribution in [1.82, 2.24) is 0 Å². The quantitative estimate of drug-likeness (QED) is 0.624. The third-order valence-electron chi connectivity index (χ3n) is 2.22. The minimum atomic E-state index is -0.0475. The summed E-state index contributed by atoms with van der Waals surface area (Å²) >= 11 is 0. The van der Waals surface area contributed by atoms with Crippen molar-refractivity contribution in [2.75, 3.05) is 6.61 Å². The summed E-state index contributed by atoms with van der Waals surface area (Å²) in [6.07, 6.45) is 2.53. The van der Waals surface area contributed by atoms with Crippen LogP contribution in [0, 0.1) is 0 Å². The van der Waals surface area contributed by atoms with Crippen LogP contribution in [-0.2, 0) is 0 Å². The van der Waals surface area contributed by atoms with Gasteiger partial charge < -0.3 is 15.9 Å². The van der Waals surface area contributed by atoms with Crippen LogP contribution in [0.2, 0.25) is 0 Å². The molecule has 0 aromatic heterocycles. The average molecular weight is 195 g/mol. The molecule has 0 amide bonds. The molecular formula is C11H17NO2. The Balaban J connectivity index is 2.47. The number of rotatable bonds is 5. The molecule has 0 spiro atoms. The van der Waals surface area contributed by atoms with Crippen LogP contribution in [-0.4, -0.2) is 16.8 Å². The summed E-state index contributed by atoms with van der Waals surface area (Å²) in [7, 11) is 0. The lowest BCUT2D eigenvalue weighted by Gasteiger charge is -2.11. The van der Waals surface area contributed by atoms with E-state index >= 15 is 0 Å². The van der Waals surface area contributed by atoms with Crippen LogP contribution in [0.3, 0.4) is 0 Å². The van der Waals surface area contributed by atoms with E-state index in [9.17, 15) is 5.11 Å². The van der Waals surface area contributed by atoms with E-state index in [2.05, 4.69) is 0 Å². The lowest BCUT2D eigenvalue weighted by molar-refractivity contribution is 0.281. The predicted octanol–water partition coefficient (Wildman–Crippen LogP) is 1.55. The maximum Gasteiger partial charge on any atom is 0.115 e. The van der Waals surface area contributed by atoms with Gasteiger partial charge in [0.05, 0.1) is 0 Å². The number of hydrogen-bond donors (Lipinski definition) is 3. The van der Waals surface area contributed by atoms with Crippen molar-refractivity contribution in [3.8, 4) is 5.75 Å². The summed E-state index contributed by atoms with van der Waals surface area (Å²) in [6, 6.07) is 6.96. The second kappa shape index (κ2) is 5.62. The van der Waals surface area contributed by atoms with Gasteiger partial charge in [0.15, 0.2) is 0 Å². The fourth-order valence-corrected chi connectivity index (χ4v) is 1.40. The average Bonchev–Trinajstić information content (AvgIpc) is 2.18. The van der Waals surface area contributed by atoms with Gasteiger partial charge in [-0.2, -0.15) is 0 Å². The Morgan fingerprint density at radius 1 is 1.29 bits per heavy atom. The number of benzene rings is 1. The van der Waals surface area contributed by atoms with E-state index in [1.165, 1.54) is 0 Å². The predicted molar refractivity (Wildman–Crippen MR) is 56.0 cm³/mol. The SMILES string of the molecule is N[C@H](CCCCO)c1cccc(O)c1. The van der Waals surface area contributed by atoms with Gasteiger partial charge in [0.2, 0.25) is 0 Å². The number of phenols is 1. The second-order valence-corrected chi connectivity index (χ2v) is 3.42. The van der Waals surface area contributed by atoms with Crippen molar-refractivity contribution in [3.63, 3.8) is 0 Å². The first-order valence-corrected chi connectivity index (χ1v) is 4.89. The van der Waals surface area contributed by atoms with Crippen molar-refractivity contribution in [2.24, 2.45) is 5.73 Å².